The number of nitrogens with one attached hydrogen (secondary N) is 1. The highest BCUT2D eigenvalue weighted by molar-refractivity contribution is 5.91. The molecule has 1 aromatic carbocycles. The maximum atomic E-state index is 11.5. The van der Waals surface area contributed by atoms with Crippen LogP contribution in [0.2, 0.25) is 0 Å². The van der Waals surface area contributed by atoms with Gasteiger partial charge in [0.2, 0.25) is 11.7 Å². The Morgan fingerprint density at radius 2 is 1.88 bits per heavy atom. The van der Waals surface area contributed by atoms with Crippen LogP contribution in [0.4, 0.5) is 5.82 Å². The SMILES string of the molecule is COc1ccc(Cn2nccc2NC(=O)CN)c(OC)c1OC.Cl. The van der Waals surface area contributed by atoms with Gasteiger partial charge in [-0.25, -0.2) is 4.68 Å². The lowest BCUT2D eigenvalue weighted by molar-refractivity contribution is -0.114. The molecular formula is C15H21ClN4O4. The lowest BCUT2D eigenvalue weighted by Gasteiger charge is -2.16. The number of carbonyl (C=O) groups is 1. The predicted octanol–water partition coefficient (Wildman–Crippen LogP) is 1.28. The highest BCUT2D eigenvalue weighted by atomic mass is 35.5. The summed E-state index contributed by atoms with van der Waals surface area (Å²) in [7, 11) is 4.66. The summed E-state index contributed by atoms with van der Waals surface area (Å²) in [5.41, 5.74) is 6.15. The molecule has 1 aromatic heterocycles. The van der Waals surface area contributed by atoms with Gasteiger partial charge in [0.1, 0.15) is 5.82 Å². The Bertz CT molecular complexity index is 690. The van der Waals surface area contributed by atoms with Crippen LogP contribution in [0, 0.1) is 0 Å². The standard InChI is InChI=1S/C15H20N4O4.ClH/c1-21-11-5-4-10(14(22-2)15(11)23-3)9-19-12(6-7-17-19)18-13(20)8-16;/h4-7H,8-9,16H2,1-3H3,(H,18,20);1H. The number of ether oxygens (including phenoxy) is 3. The van der Waals surface area contributed by atoms with Crippen molar-refractivity contribution in [3.63, 3.8) is 0 Å². The van der Waals surface area contributed by atoms with Crippen molar-refractivity contribution in [3.8, 4) is 17.2 Å². The second-order valence-electron chi connectivity index (χ2n) is 4.62. The van der Waals surface area contributed by atoms with E-state index < -0.39 is 0 Å². The van der Waals surface area contributed by atoms with Crippen LogP contribution in [0.3, 0.4) is 0 Å². The molecule has 0 bridgehead atoms. The van der Waals surface area contributed by atoms with Gasteiger partial charge >= 0.3 is 0 Å². The Kier molecular flexibility index (Phi) is 7.34. The van der Waals surface area contributed by atoms with Crippen molar-refractivity contribution in [1.82, 2.24) is 9.78 Å². The van der Waals surface area contributed by atoms with E-state index in [9.17, 15) is 4.79 Å². The molecular weight excluding hydrogens is 336 g/mol. The molecule has 0 aliphatic rings. The minimum absolute atomic E-state index is 0. The molecule has 0 aliphatic carbocycles. The molecule has 0 fully saturated rings. The minimum atomic E-state index is -0.286. The van der Waals surface area contributed by atoms with Crippen LogP contribution in [-0.2, 0) is 11.3 Å². The summed E-state index contributed by atoms with van der Waals surface area (Å²) >= 11 is 0. The number of nitrogens with two attached hydrogens (primary N) is 1. The third kappa shape index (κ3) is 4.09. The Hall–Kier alpha value is -2.45. The number of aromatic nitrogens is 2. The number of carbonyl (C=O) groups excluding carboxylic acids is 1. The normalized spacial score (nSPS) is 9.83. The highest BCUT2D eigenvalue weighted by Gasteiger charge is 2.17. The Morgan fingerprint density at radius 3 is 2.46 bits per heavy atom. The average Bonchev–Trinajstić information content (AvgIpc) is 3.00. The fourth-order valence-corrected chi connectivity index (χ4v) is 2.21. The topological polar surface area (TPSA) is 101 Å². The molecule has 8 nitrogen and oxygen atoms in total. The van der Waals surface area contributed by atoms with E-state index in [-0.39, 0.29) is 24.9 Å². The quantitative estimate of drug-likeness (QED) is 0.775. The van der Waals surface area contributed by atoms with Gasteiger partial charge in [0.15, 0.2) is 11.5 Å². The van der Waals surface area contributed by atoms with Crippen LogP contribution in [0.25, 0.3) is 0 Å². The van der Waals surface area contributed by atoms with Gasteiger partial charge in [-0.15, -0.1) is 12.4 Å². The first-order chi connectivity index (χ1) is 11.1. The number of methoxy groups -OCH3 is 3. The van der Waals surface area contributed by atoms with Crippen molar-refractivity contribution in [2.24, 2.45) is 5.73 Å². The smallest absolute Gasteiger partial charge is 0.239 e. The summed E-state index contributed by atoms with van der Waals surface area (Å²) in [4.78, 5) is 11.5. The first kappa shape index (κ1) is 19.6. The number of rotatable bonds is 7. The molecule has 0 saturated heterocycles. The third-order valence-corrected chi connectivity index (χ3v) is 3.28. The van der Waals surface area contributed by atoms with E-state index in [0.29, 0.717) is 29.6 Å². The predicted molar refractivity (Wildman–Crippen MR) is 92.4 cm³/mol. The van der Waals surface area contributed by atoms with E-state index >= 15 is 0 Å². The number of hydrogen-bond donors (Lipinski definition) is 2. The zero-order valence-corrected chi connectivity index (χ0v) is 14.6. The van der Waals surface area contributed by atoms with Crippen molar-refractivity contribution in [2.75, 3.05) is 33.2 Å². The maximum absolute atomic E-state index is 11.5. The maximum Gasteiger partial charge on any atom is 0.239 e. The number of nitrogens with zero attached hydrogens (tertiary/aromatic N) is 2. The van der Waals surface area contributed by atoms with E-state index in [0.717, 1.165) is 5.56 Å². The van der Waals surface area contributed by atoms with Crippen LogP contribution in [0.1, 0.15) is 5.56 Å². The van der Waals surface area contributed by atoms with E-state index in [2.05, 4.69) is 10.4 Å². The molecule has 0 aliphatic heterocycles. The molecule has 132 valence electrons. The number of anilines is 1. The van der Waals surface area contributed by atoms with Crippen molar-refractivity contribution >= 4 is 24.1 Å². The summed E-state index contributed by atoms with van der Waals surface area (Å²) in [5.74, 6) is 1.90. The Morgan fingerprint density at radius 1 is 1.17 bits per heavy atom. The molecule has 0 unspecified atom stereocenters. The van der Waals surface area contributed by atoms with Gasteiger partial charge in [0, 0.05) is 11.6 Å². The van der Waals surface area contributed by atoms with Gasteiger partial charge in [-0.1, -0.05) is 0 Å². The second-order valence-corrected chi connectivity index (χ2v) is 4.62. The molecule has 0 radical (unpaired) electrons. The summed E-state index contributed by atoms with van der Waals surface area (Å²) in [5, 5.41) is 6.89. The van der Waals surface area contributed by atoms with Crippen molar-refractivity contribution in [1.29, 1.82) is 0 Å². The molecule has 3 N–H and O–H groups in total. The first-order valence-corrected chi connectivity index (χ1v) is 6.94. The number of benzene rings is 1. The minimum Gasteiger partial charge on any atom is -0.493 e. The average molecular weight is 357 g/mol. The lowest BCUT2D eigenvalue weighted by Crippen LogP contribution is -2.23. The zero-order chi connectivity index (χ0) is 16.8. The molecule has 24 heavy (non-hydrogen) atoms. The van der Waals surface area contributed by atoms with Crippen LogP contribution >= 0.6 is 12.4 Å². The highest BCUT2D eigenvalue weighted by Crippen LogP contribution is 2.40. The van der Waals surface area contributed by atoms with Crippen LogP contribution in [-0.4, -0.2) is 43.6 Å². The number of amides is 1. The van der Waals surface area contributed by atoms with Gasteiger partial charge in [-0.05, 0) is 12.1 Å². The second kappa shape index (κ2) is 8.99. The molecule has 0 atom stereocenters. The van der Waals surface area contributed by atoms with E-state index in [1.54, 1.807) is 44.3 Å². The molecule has 1 amide bonds. The molecule has 2 aromatic rings. The number of halogens is 1. The van der Waals surface area contributed by atoms with Gasteiger partial charge in [0.25, 0.3) is 0 Å². The molecule has 0 spiro atoms. The van der Waals surface area contributed by atoms with Gasteiger partial charge < -0.3 is 25.3 Å². The van der Waals surface area contributed by atoms with Gasteiger partial charge in [-0.3, -0.25) is 4.79 Å². The monoisotopic (exact) mass is 356 g/mol. The van der Waals surface area contributed by atoms with Gasteiger partial charge in [0.05, 0.1) is 40.6 Å². The van der Waals surface area contributed by atoms with Gasteiger partial charge in [-0.2, -0.15) is 5.10 Å². The van der Waals surface area contributed by atoms with E-state index in [1.165, 1.54) is 0 Å². The molecule has 1 heterocycles. The van der Waals surface area contributed by atoms with Crippen LogP contribution in [0.5, 0.6) is 17.2 Å². The molecule has 9 heteroatoms. The summed E-state index contributed by atoms with van der Waals surface area (Å²) in [6.45, 7) is 0.293. The van der Waals surface area contributed by atoms with Crippen molar-refractivity contribution < 1.29 is 19.0 Å². The third-order valence-electron chi connectivity index (χ3n) is 3.28. The zero-order valence-electron chi connectivity index (χ0n) is 13.7. The van der Waals surface area contributed by atoms with Crippen LogP contribution in [0.15, 0.2) is 24.4 Å². The van der Waals surface area contributed by atoms with Crippen molar-refractivity contribution in [2.45, 2.75) is 6.54 Å². The molecule has 2 rings (SSSR count). The Labute approximate surface area is 146 Å². The van der Waals surface area contributed by atoms with Crippen molar-refractivity contribution in [3.05, 3.63) is 30.0 Å². The lowest BCUT2D eigenvalue weighted by atomic mass is 10.1. The summed E-state index contributed by atoms with van der Waals surface area (Å²) in [6.07, 6.45) is 1.60. The fourth-order valence-electron chi connectivity index (χ4n) is 2.21. The summed E-state index contributed by atoms with van der Waals surface area (Å²) in [6, 6.07) is 5.34. The number of hydrogen-bond acceptors (Lipinski definition) is 6. The fraction of sp³-hybridized carbons (Fsp3) is 0.333. The van der Waals surface area contributed by atoms with Crippen LogP contribution < -0.4 is 25.3 Å². The largest absolute Gasteiger partial charge is 0.493 e. The molecule has 0 saturated carbocycles. The van der Waals surface area contributed by atoms with E-state index in [1.807, 2.05) is 6.07 Å². The van der Waals surface area contributed by atoms with E-state index in [4.69, 9.17) is 19.9 Å². The Balaban J connectivity index is 0.00000288. The summed E-state index contributed by atoms with van der Waals surface area (Å²) < 4.78 is 17.7. The first-order valence-electron chi connectivity index (χ1n) is 6.94.